The lowest BCUT2D eigenvalue weighted by atomic mass is 9.99. The molecule has 136 valence electrons. The van der Waals surface area contributed by atoms with Gasteiger partial charge in [0.25, 0.3) is 0 Å². The molecular weight excluding hydrogens is 424 g/mol. The monoisotopic (exact) mass is 438 g/mol. The molecular formula is C16H15BrN4O4S. The number of nitrogens with zero attached hydrogens (tertiary/aromatic N) is 4. The van der Waals surface area contributed by atoms with Gasteiger partial charge in [-0.1, -0.05) is 0 Å². The van der Waals surface area contributed by atoms with Crippen molar-refractivity contribution in [2.24, 2.45) is 7.05 Å². The fourth-order valence-corrected chi connectivity index (χ4v) is 3.98. The van der Waals surface area contributed by atoms with Crippen molar-refractivity contribution in [2.45, 2.75) is 5.75 Å². The van der Waals surface area contributed by atoms with E-state index in [1.54, 1.807) is 24.5 Å². The maximum absolute atomic E-state index is 13.0. The van der Waals surface area contributed by atoms with Crippen molar-refractivity contribution in [3.05, 3.63) is 58.0 Å². The molecule has 0 spiro atoms. The molecule has 0 aliphatic rings. The van der Waals surface area contributed by atoms with E-state index in [4.69, 9.17) is 0 Å². The Labute approximate surface area is 158 Å². The molecule has 0 bridgehead atoms. The van der Waals surface area contributed by atoms with Gasteiger partial charge in [-0.15, -0.1) is 0 Å². The van der Waals surface area contributed by atoms with E-state index >= 15 is 0 Å². The minimum absolute atomic E-state index is 0.00371. The summed E-state index contributed by atoms with van der Waals surface area (Å²) < 4.78 is 27.2. The van der Waals surface area contributed by atoms with Crippen LogP contribution in [0.1, 0.15) is 21.5 Å². The first-order chi connectivity index (χ1) is 12.2. The van der Waals surface area contributed by atoms with Crippen LogP contribution in [0.2, 0.25) is 0 Å². The quantitative estimate of drug-likeness (QED) is 0.609. The van der Waals surface area contributed by atoms with Crippen LogP contribution in [0, 0.1) is 0 Å². The Bertz CT molecular complexity index is 1090. The molecule has 0 saturated heterocycles. The van der Waals surface area contributed by atoms with Gasteiger partial charge in [0, 0.05) is 41.3 Å². The third kappa shape index (κ3) is 3.42. The Morgan fingerprint density at radius 2 is 2.00 bits per heavy atom. The molecule has 26 heavy (non-hydrogen) atoms. The minimum Gasteiger partial charge on any atom is -0.493 e. The summed E-state index contributed by atoms with van der Waals surface area (Å²) in [7, 11) is -1.95. The summed E-state index contributed by atoms with van der Waals surface area (Å²) in [5.74, 6) is -1.16. The molecule has 3 aromatic rings. The van der Waals surface area contributed by atoms with Crippen molar-refractivity contribution >= 4 is 31.6 Å². The summed E-state index contributed by atoms with van der Waals surface area (Å²) in [6.07, 6.45) is 5.55. The standard InChI is InChI=1S/C16H15BrN4O4S/c1-20-16(23)11(8-19-20)15(22)10-4-5-13(17)14(21-7-3-6-18-21)12(10)9-26(2,24)25/h3-8,23H,9H2,1-2H3. The topological polar surface area (TPSA) is 107 Å². The summed E-state index contributed by atoms with van der Waals surface area (Å²) in [5, 5.41) is 18.0. The molecule has 10 heteroatoms. The number of benzene rings is 1. The highest BCUT2D eigenvalue weighted by atomic mass is 79.9. The lowest BCUT2D eigenvalue weighted by Crippen LogP contribution is -2.14. The van der Waals surface area contributed by atoms with Crippen LogP contribution in [0.3, 0.4) is 0 Å². The van der Waals surface area contributed by atoms with Crippen LogP contribution in [0.5, 0.6) is 5.88 Å². The SMILES string of the molecule is Cn1ncc(C(=O)c2ccc(Br)c(-n3cccn3)c2CS(C)(=O)=O)c1O. The zero-order chi connectivity index (χ0) is 19.1. The van der Waals surface area contributed by atoms with E-state index in [1.807, 2.05) is 0 Å². The van der Waals surface area contributed by atoms with E-state index < -0.39 is 15.6 Å². The first-order valence-electron chi connectivity index (χ1n) is 7.44. The van der Waals surface area contributed by atoms with E-state index in [9.17, 15) is 18.3 Å². The van der Waals surface area contributed by atoms with Crippen molar-refractivity contribution in [3.63, 3.8) is 0 Å². The van der Waals surface area contributed by atoms with Crippen LogP contribution >= 0.6 is 15.9 Å². The number of halogens is 1. The van der Waals surface area contributed by atoms with Gasteiger partial charge in [-0.3, -0.25) is 4.79 Å². The van der Waals surface area contributed by atoms with Crippen LogP contribution in [0.15, 0.2) is 41.3 Å². The van der Waals surface area contributed by atoms with Crippen molar-refractivity contribution in [3.8, 4) is 11.6 Å². The lowest BCUT2D eigenvalue weighted by Gasteiger charge is -2.15. The molecule has 0 fully saturated rings. The number of sulfone groups is 1. The number of carbonyl (C=O) groups is 1. The molecule has 0 amide bonds. The molecule has 2 heterocycles. The van der Waals surface area contributed by atoms with E-state index in [1.165, 1.54) is 24.0 Å². The highest BCUT2D eigenvalue weighted by Gasteiger charge is 2.25. The van der Waals surface area contributed by atoms with Crippen LogP contribution in [-0.4, -0.2) is 45.1 Å². The molecule has 0 unspecified atom stereocenters. The molecule has 2 aromatic heterocycles. The molecule has 8 nitrogen and oxygen atoms in total. The van der Waals surface area contributed by atoms with Crippen molar-refractivity contribution in [2.75, 3.05) is 6.26 Å². The number of aryl methyl sites for hydroxylation is 1. The van der Waals surface area contributed by atoms with Crippen molar-refractivity contribution in [1.29, 1.82) is 0 Å². The number of ketones is 1. The summed E-state index contributed by atoms with van der Waals surface area (Å²) in [5.41, 5.74) is 0.900. The Kier molecular flexibility index (Phi) is 4.72. The summed E-state index contributed by atoms with van der Waals surface area (Å²) >= 11 is 3.40. The molecule has 0 radical (unpaired) electrons. The molecule has 0 aliphatic carbocycles. The Hall–Kier alpha value is -2.46. The zero-order valence-electron chi connectivity index (χ0n) is 13.9. The van der Waals surface area contributed by atoms with E-state index in [0.29, 0.717) is 15.7 Å². The summed E-state index contributed by atoms with van der Waals surface area (Å²) in [4.78, 5) is 13.0. The maximum atomic E-state index is 13.0. The highest BCUT2D eigenvalue weighted by molar-refractivity contribution is 9.10. The second-order valence-electron chi connectivity index (χ2n) is 5.78. The second kappa shape index (κ2) is 6.69. The first kappa shape index (κ1) is 18.3. The molecule has 1 aromatic carbocycles. The van der Waals surface area contributed by atoms with E-state index in [2.05, 4.69) is 26.1 Å². The van der Waals surface area contributed by atoms with E-state index in [-0.39, 0.29) is 22.8 Å². The Morgan fingerprint density at radius 3 is 2.54 bits per heavy atom. The predicted molar refractivity (Wildman–Crippen MR) is 98.1 cm³/mol. The van der Waals surface area contributed by atoms with E-state index in [0.717, 1.165) is 10.9 Å². The van der Waals surface area contributed by atoms with Gasteiger partial charge < -0.3 is 5.11 Å². The molecule has 0 aliphatic heterocycles. The van der Waals surface area contributed by atoms with Gasteiger partial charge in [0.05, 0.1) is 17.6 Å². The molecule has 0 saturated carbocycles. The van der Waals surface area contributed by atoms with Gasteiger partial charge in [0.1, 0.15) is 5.56 Å². The third-order valence-electron chi connectivity index (χ3n) is 3.77. The predicted octanol–water partition coefficient (Wildman–Crippen LogP) is 1.85. The van der Waals surface area contributed by atoms with Gasteiger partial charge in [-0.2, -0.15) is 10.2 Å². The number of carbonyl (C=O) groups excluding carboxylic acids is 1. The number of hydrogen-bond acceptors (Lipinski definition) is 6. The van der Waals surface area contributed by atoms with Crippen molar-refractivity contribution in [1.82, 2.24) is 19.6 Å². The first-order valence-corrected chi connectivity index (χ1v) is 10.3. The minimum atomic E-state index is -3.45. The molecule has 0 atom stereocenters. The Morgan fingerprint density at radius 1 is 1.27 bits per heavy atom. The third-order valence-corrected chi connectivity index (χ3v) is 5.22. The smallest absolute Gasteiger partial charge is 0.220 e. The van der Waals surface area contributed by atoms with Gasteiger partial charge in [0.15, 0.2) is 15.6 Å². The van der Waals surface area contributed by atoms with Crippen molar-refractivity contribution < 1.29 is 18.3 Å². The normalized spacial score (nSPS) is 11.7. The number of aromatic hydroxyl groups is 1. The zero-order valence-corrected chi connectivity index (χ0v) is 16.3. The van der Waals surface area contributed by atoms with Crippen LogP contribution in [0.25, 0.3) is 5.69 Å². The van der Waals surface area contributed by atoms with Crippen LogP contribution in [-0.2, 0) is 22.6 Å². The summed E-state index contributed by atoms with van der Waals surface area (Å²) in [6, 6.07) is 4.86. The molecule has 1 N–H and O–H groups in total. The average Bonchev–Trinajstić information content (AvgIpc) is 3.17. The number of hydrogen-bond donors (Lipinski definition) is 1. The highest BCUT2D eigenvalue weighted by Crippen LogP contribution is 2.31. The largest absolute Gasteiger partial charge is 0.493 e. The number of rotatable bonds is 5. The molecule has 3 rings (SSSR count). The average molecular weight is 439 g/mol. The van der Waals surface area contributed by atoms with Crippen LogP contribution < -0.4 is 0 Å². The van der Waals surface area contributed by atoms with Gasteiger partial charge in [0.2, 0.25) is 5.88 Å². The van der Waals surface area contributed by atoms with Crippen LogP contribution in [0.4, 0.5) is 0 Å². The summed E-state index contributed by atoms with van der Waals surface area (Å²) in [6.45, 7) is 0. The van der Waals surface area contributed by atoms with Gasteiger partial charge >= 0.3 is 0 Å². The fourth-order valence-electron chi connectivity index (χ4n) is 2.61. The Balaban J connectivity index is 2.27. The number of aromatic nitrogens is 4. The van der Waals surface area contributed by atoms with Gasteiger partial charge in [-0.25, -0.2) is 17.8 Å². The van der Waals surface area contributed by atoms with Gasteiger partial charge in [-0.05, 0) is 34.1 Å². The fraction of sp³-hybridized carbons (Fsp3) is 0.188. The lowest BCUT2D eigenvalue weighted by molar-refractivity contribution is 0.103. The maximum Gasteiger partial charge on any atom is 0.220 e. The second-order valence-corrected chi connectivity index (χ2v) is 8.77.